The van der Waals surface area contributed by atoms with Gasteiger partial charge < -0.3 is 35.8 Å². The maximum Gasteiger partial charge on any atom is 0.490 e. The molecule has 0 aromatic carbocycles. The molecular weight excluding hydrogens is 473 g/mol. The van der Waals surface area contributed by atoms with Gasteiger partial charge in [0.25, 0.3) is 0 Å². The molecule has 0 saturated carbocycles. The van der Waals surface area contributed by atoms with Crippen molar-refractivity contribution >= 4 is 40.4 Å². The van der Waals surface area contributed by atoms with Crippen LogP contribution in [0.4, 0.5) is 5.82 Å². The van der Waals surface area contributed by atoms with Crippen molar-refractivity contribution in [2.75, 3.05) is 12.3 Å². The van der Waals surface area contributed by atoms with E-state index in [1.165, 1.54) is 17.2 Å². The van der Waals surface area contributed by atoms with Gasteiger partial charge in [-0.15, -0.1) is 0 Å². The topological polar surface area (TPSA) is 265 Å². The van der Waals surface area contributed by atoms with E-state index in [1.807, 2.05) is 0 Å². The van der Waals surface area contributed by atoms with E-state index in [9.17, 15) is 18.6 Å². The van der Waals surface area contributed by atoms with E-state index in [4.69, 9.17) is 30.9 Å². The molecule has 20 heteroatoms. The van der Waals surface area contributed by atoms with Crippen LogP contribution in [0, 0.1) is 0 Å². The molecule has 2 aromatic heterocycles. The van der Waals surface area contributed by atoms with Crippen LogP contribution in [0.1, 0.15) is 12.6 Å². The number of ether oxygens (including phenoxy) is 1. The van der Waals surface area contributed by atoms with Gasteiger partial charge in [0.05, 0.1) is 19.0 Å². The summed E-state index contributed by atoms with van der Waals surface area (Å²) in [5.74, 6) is 0.158. The van der Waals surface area contributed by atoms with Gasteiger partial charge in [0.2, 0.25) is 0 Å². The van der Waals surface area contributed by atoms with E-state index < -0.39 is 48.4 Å². The van der Waals surface area contributed by atoms with Crippen molar-refractivity contribution < 1.29 is 51.2 Å². The van der Waals surface area contributed by atoms with E-state index in [0.717, 1.165) is 0 Å². The van der Waals surface area contributed by atoms with Crippen LogP contribution in [-0.2, 0) is 31.6 Å². The Labute approximate surface area is 167 Å². The Kier molecular flexibility index (Phi) is 6.47. The Hall–Kier alpha value is -1.32. The summed E-state index contributed by atoms with van der Waals surface area (Å²) in [5.41, 5.74) is 12.4. The number of rotatable bonds is 8. The van der Waals surface area contributed by atoms with Gasteiger partial charge in [0.1, 0.15) is 18.1 Å². The lowest BCUT2D eigenvalue weighted by atomic mass is 10.1. The normalized spacial score (nSPS) is 26.5. The van der Waals surface area contributed by atoms with Gasteiger partial charge in [-0.3, -0.25) is 9.09 Å². The molecule has 0 bridgehead atoms. The van der Waals surface area contributed by atoms with Crippen LogP contribution < -0.4 is 11.5 Å². The summed E-state index contributed by atoms with van der Waals surface area (Å²) in [4.78, 5) is 47.6. The monoisotopic (exact) mass is 490 g/mol. The molecule has 1 aliphatic rings. The summed E-state index contributed by atoms with van der Waals surface area (Å²) in [5, 5.41) is 0. The van der Waals surface area contributed by atoms with Gasteiger partial charge in [-0.2, -0.15) is 8.62 Å². The molecule has 168 valence electrons. The summed E-state index contributed by atoms with van der Waals surface area (Å²) < 4.78 is 52.8. The van der Waals surface area contributed by atoms with Crippen molar-refractivity contribution in [3.63, 3.8) is 0 Å². The third-order valence-corrected chi connectivity index (χ3v) is 7.60. The molecule has 5 atom stereocenters. The molecule has 3 heterocycles. The molecule has 0 radical (unpaired) electrons. The predicted molar refractivity (Wildman–Crippen MR) is 96.1 cm³/mol. The Balaban J connectivity index is 1.64. The Morgan fingerprint density at radius 2 is 1.83 bits per heavy atom. The molecule has 17 nitrogen and oxygen atoms in total. The number of fused-ring (bicyclic) bond motifs is 1. The lowest BCUT2D eigenvalue weighted by Gasteiger charge is -2.19. The molecule has 1 aliphatic heterocycles. The third kappa shape index (κ3) is 5.68. The number of anilines is 1. The van der Waals surface area contributed by atoms with E-state index in [0.29, 0.717) is 11.2 Å². The van der Waals surface area contributed by atoms with Gasteiger partial charge in [-0.25, -0.2) is 28.6 Å². The standard InChI is InChI=1S/C10H17N6O11P3/c11-5-1-7(16-4-15-8-9(12)13-3-14-10(8)16)25-6(5)2-24-29(20,21)27-30(22,23)26-28(17,18)19/h3-7H,1-2,11H2,(H,20,21)(H,22,23)(H2,12,13,14)(H2,17,18,19)/t5-,6+,7+/m1/s1. The minimum absolute atomic E-state index is 0.158. The van der Waals surface area contributed by atoms with E-state index in [-0.39, 0.29) is 12.2 Å². The van der Waals surface area contributed by atoms with Crippen molar-refractivity contribution in [1.82, 2.24) is 19.5 Å². The number of imidazole rings is 1. The first-order chi connectivity index (χ1) is 13.8. The van der Waals surface area contributed by atoms with Gasteiger partial charge in [0.15, 0.2) is 11.5 Å². The average molecular weight is 490 g/mol. The van der Waals surface area contributed by atoms with Crippen LogP contribution in [0.3, 0.4) is 0 Å². The summed E-state index contributed by atoms with van der Waals surface area (Å²) >= 11 is 0. The number of phosphoric ester groups is 1. The highest BCUT2D eigenvalue weighted by Gasteiger charge is 2.42. The van der Waals surface area contributed by atoms with Crippen LogP contribution in [0.5, 0.6) is 0 Å². The largest absolute Gasteiger partial charge is 0.490 e. The van der Waals surface area contributed by atoms with Crippen molar-refractivity contribution in [1.29, 1.82) is 0 Å². The Morgan fingerprint density at radius 1 is 1.13 bits per heavy atom. The maximum absolute atomic E-state index is 11.8. The number of phosphoric acid groups is 3. The Morgan fingerprint density at radius 3 is 2.50 bits per heavy atom. The number of nitrogens with two attached hydrogens (primary N) is 2. The highest BCUT2D eigenvalue weighted by Crippen LogP contribution is 2.66. The van der Waals surface area contributed by atoms with Crippen LogP contribution >= 0.6 is 23.5 Å². The lowest BCUT2D eigenvalue weighted by molar-refractivity contribution is -0.0230. The molecule has 3 rings (SSSR count). The van der Waals surface area contributed by atoms with Crippen LogP contribution in [0.2, 0.25) is 0 Å². The van der Waals surface area contributed by atoms with E-state index in [2.05, 4.69) is 28.1 Å². The SMILES string of the molecule is Nc1ncnc2c1ncn2[C@@H]1C[C@@H](N)[C@H](COP(=O)(O)OP(=O)(O)OP(=O)(O)O)O1. The van der Waals surface area contributed by atoms with Crippen molar-refractivity contribution in [3.8, 4) is 0 Å². The van der Waals surface area contributed by atoms with Crippen molar-refractivity contribution in [2.24, 2.45) is 5.73 Å². The maximum atomic E-state index is 11.8. The highest BCUT2D eigenvalue weighted by atomic mass is 31.3. The molecule has 0 amide bonds. The number of hydrogen-bond donors (Lipinski definition) is 6. The quantitative estimate of drug-likeness (QED) is 0.251. The first kappa shape index (κ1) is 23.3. The predicted octanol–water partition coefficient (Wildman–Crippen LogP) is -0.633. The molecule has 2 unspecified atom stereocenters. The van der Waals surface area contributed by atoms with Gasteiger partial charge in [-0.05, 0) is 0 Å². The van der Waals surface area contributed by atoms with Crippen molar-refractivity contribution in [3.05, 3.63) is 12.7 Å². The highest BCUT2D eigenvalue weighted by molar-refractivity contribution is 7.66. The van der Waals surface area contributed by atoms with Gasteiger partial charge in [-0.1, -0.05) is 0 Å². The minimum Gasteiger partial charge on any atom is -0.382 e. The smallest absolute Gasteiger partial charge is 0.382 e. The number of nitrogens with zero attached hydrogens (tertiary/aromatic N) is 4. The van der Waals surface area contributed by atoms with Gasteiger partial charge in [0, 0.05) is 12.5 Å². The summed E-state index contributed by atoms with van der Waals surface area (Å²) in [6.45, 7) is -0.662. The molecule has 1 fully saturated rings. The molecule has 1 saturated heterocycles. The summed E-state index contributed by atoms with van der Waals surface area (Å²) in [7, 11) is -16.4. The Bertz CT molecular complexity index is 1070. The zero-order valence-corrected chi connectivity index (χ0v) is 17.4. The molecule has 30 heavy (non-hydrogen) atoms. The first-order valence-corrected chi connectivity index (χ1v) is 12.4. The fourth-order valence-electron chi connectivity index (χ4n) is 2.64. The molecule has 0 aliphatic carbocycles. The second-order valence-corrected chi connectivity index (χ2v) is 10.4. The first-order valence-electron chi connectivity index (χ1n) is 7.89. The fraction of sp³-hybridized carbons (Fsp3) is 0.500. The fourth-order valence-corrected chi connectivity index (χ4v) is 5.67. The summed E-state index contributed by atoms with van der Waals surface area (Å²) in [6.07, 6.45) is 1.21. The number of hydrogen-bond acceptors (Lipinski definition) is 12. The second kappa shape index (κ2) is 8.31. The van der Waals surface area contributed by atoms with Crippen LogP contribution in [-0.4, -0.2) is 57.8 Å². The third-order valence-electron chi connectivity index (χ3n) is 3.80. The minimum atomic E-state index is -5.61. The summed E-state index contributed by atoms with van der Waals surface area (Å²) in [6, 6.07) is -0.695. The van der Waals surface area contributed by atoms with E-state index >= 15 is 0 Å². The second-order valence-electron chi connectivity index (χ2n) is 6.00. The van der Waals surface area contributed by atoms with Crippen molar-refractivity contribution in [2.45, 2.75) is 24.8 Å². The average Bonchev–Trinajstić information content (AvgIpc) is 3.14. The van der Waals surface area contributed by atoms with E-state index in [1.54, 1.807) is 0 Å². The van der Waals surface area contributed by atoms with Crippen LogP contribution in [0.25, 0.3) is 11.2 Å². The number of nitrogen functional groups attached to an aromatic ring is 1. The molecule has 2 aromatic rings. The van der Waals surface area contributed by atoms with Crippen LogP contribution in [0.15, 0.2) is 12.7 Å². The zero-order valence-electron chi connectivity index (χ0n) is 14.7. The number of aromatic nitrogens is 4. The van der Waals surface area contributed by atoms with Gasteiger partial charge >= 0.3 is 23.5 Å². The molecule has 0 spiro atoms. The molecular formula is C10H17N6O11P3. The zero-order chi connectivity index (χ0) is 22.3. The lowest BCUT2D eigenvalue weighted by Crippen LogP contribution is -2.33. The molecule has 8 N–H and O–H groups in total.